The molecule has 302 valence electrons. The van der Waals surface area contributed by atoms with Crippen molar-refractivity contribution in [3.63, 3.8) is 0 Å². The van der Waals surface area contributed by atoms with Crippen LogP contribution >= 0.6 is 11.3 Å². The zero-order valence-electron chi connectivity index (χ0n) is 35.0. The Labute approximate surface area is 378 Å². The molecule has 0 N–H and O–H groups in total. The fourth-order valence-corrected chi connectivity index (χ4v) is 10.8. The van der Waals surface area contributed by atoms with Crippen LogP contribution in [0.5, 0.6) is 0 Å². The minimum Gasteiger partial charge on any atom is -0.246 e. The van der Waals surface area contributed by atoms with Crippen LogP contribution in [0.1, 0.15) is 0 Å². The third-order valence-corrected chi connectivity index (χ3v) is 13.9. The lowest BCUT2D eigenvalue weighted by molar-refractivity contribution is 1.07. The molecule has 4 nitrogen and oxygen atoms in total. The molecule has 0 saturated carbocycles. The van der Waals surface area contributed by atoms with E-state index in [4.69, 9.17) is 19.9 Å². The summed E-state index contributed by atoms with van der Waals surface area (Å²) >= 11 is 1.83. The molecule has 0 unspecified atom stereocenters. The van der Waals surface area contributed by atoms with Crippen LogP contribution in [-0.4, -0.2) is 19.9 Å². The SMILES string of the molecule is c1ccc(-c2nc(-c3ccccc3)nc(-c3cccc(-c4ccc(-c5cccc6c5nc(-c5ccc7c8ccccc8c8ccccc8c7c5)c5sc7ccccc7c56)cc4)c3)n2)cc1. The first kappa shape index (κ1) is 37.2. The lowest BCUT2D eigenvalue weighted by Gasteiger charge is -2.14. The molecule has 3 aromatic heterocycles. The molecule has 0 saturated heterocycles. The van der Waals surface area contributed by atoms with Crippen molar-refractivity contribution in [3.05, 3.63) is 218 Å². The Morgan fingerprint density at radius 3 is 1.42 bits per heavy atom. The lowest BCUT2D eigenvalue weighted by Crippen LogP contribution is -2.00. The van der Waals surface area contributed by atoms with E-state index in [2.05, 4.69) is 158 Å². The van der Waals surface area contributed by atoms with E-state index in [-0.39, 0.29) is 0 Å². The highest BCUT2D eigenvalue weighted by Crippen LogP contribution is 2.46. The smallest absolute Gasteiger partial charge is 0.164 e. The van der Waals surface area contributed by atoms with Gasteiger partial charge in [0.05, 0.1) is 15.9 Å². The second-order valence-corrected chi connectivity index (χ2v) is 17.6. The number of pyridine rings is 1. The van der Waals surface area contributed by atoms with Crippen LogP contribution in [0, 0.1) is 0 Å². The highest BCUT2D eigenvalue weighted by molar-refractivity contribution is 7.26. The van der Waals surface area contributed by atoms with Gasteiger partial charge in [-0.15, -0.1) is 11.3 Å². The van der Waals surface area contributed by atoms with Crippen LogP contribution in [-0.2, 0) is 0 Å². The Hall–Kier alpha value is -8.38. The molecule has 0 radical (unpaired) electrons. The first-order valence-corrected chi connectivity index (χ1v) is 22.7. The first-order valence-electron chi connectivity index (χ1n) is 21.9. The molecule has 13 aromatic rings. The zero-order valence-corrected chi connectivity index (χ0v) is 35.8. The van der Waals surface area contributed by atoms with Crippen molar-refractivity contribution in [2.45, 2.75) is 0 Å². The lowest BCUT2D eigenvalue weighted by atomic mass is 9.92. The van der Waals surface area contributed by atoms with E-state index >= 15 is 0 Å². The summed E-state index contributed by atoms with van der Waals surface area (Å²) < 4.78 is 2.47. The van der Waals surface area contributed by atoms with Crippen molar-refractivity contribution in [2.24, 2.45) is 0 Å². The molecule has 0 aliphatic rings. The van der Waals surface area contributed by atoms with E-state index in [0.717, 1.165) is 61.1 Å². The van der Waals surface area contributed by atoms with E-state index in [0.29, 0.717) is 17.5 Å². The Balaban J connectivity index is 0.937. The summed E-state index contributed by atoms with van der Waals surface area (Å²) in [4.78, 5) is 20.6. The highest BCUT2D eigenvalue weighted by Gasteiger charge is 2.20. The van der Waals surface area contributed by atoms with Gasteiger partial charge in [0.15, 0.2) is 17.5 Å². The molecular weight excluding hydrogens is 809 g/mol. The van der Waals surface area contributed by atoms with Crippen LogP contribution in [0.4, 0.5) is 0 Å². The van der Waals surface area contributed by atoms with Crippen LogP contribution in [0.2, 0.25) is 0 Å². The summed E-state index contributed by atoms with van der Waals surface area (Å²) in [5, 5.41) is 11.2. The average Bonchev–Trinajstić information content (AvgIpc) is 3.79. The molecule has 0 fully saturated rings. The molecular formula is C60H36N4S. The molecule has 3 heterocycles. The van der Waals surface area contributed by atoms with Gasteiger partial charge in [-0.25, -0.2) is 19.9 Å². The highest BCUT2D eigenvalue weighted by atomic mass is 32.1. The number of hydrogen-bond donors (Lipinski definition) is 0. The quantitative estimate of drug-likeness (QED) is 0.156. The van der Waals surface area contributed by atoms with E-state index in [1.165, 1.54) is 52.5 Å². The molecule has 65 heavy (non-hydrogen) atoms. The number of rotatable bonds is 6. The second kappa shape index (κ2) is 15.2. The molecule has 5 heteroatoms. The first-order chi connectivity index (χ1) is 32.2. The van der Waals surface area contributed by atoms with E-state index in [1.54, 1.807) is 0 Å². The van der Waals surface area contributed by atoms with Crippen LogP contribution in [0.3, 0.4) is 0 Å². The Kier molecular flexibility index (Phi) is 8.68. The Bertz CT molecular complexity index is 3900. The number of aromatic nitrogens is 4. The van der Waals surface area contributed by atoms with E-state index in [9.17, 15) is 0 Å². The molecule has 10 aromatic carbocycles. The number of nitrogens with zero attached hydrogens (tertiary/aromatic N) is 4. The van der Waals surface area contributed by atoms with Gasteiger partial charge in [0.1, 0.15) is 0 Å². The van der Waals surface area contributed by atoms with Crippen molar-refractivity contribution >= 4 is 74.7 Å². The molecule has 13 rings (SSSR count). The van der Waals surface area contributed by atoms with Crippen molar-refractivity contribution < 1.29 is 0 Å². The largest absolute Gasteiger partial charge is 0.246 e. The fourth-order valence-electron chi connectivity index (χ4n) is 9.61. The van der Waals surface area contributed by atoms with Gasteiger partial charge < -0.3 is 0 Å². The summed E-state index contributed by atoms with van der Waals surface area (Å²) in [6.45, 7) is 0. The van der Waals surface area contributed by atoms with Crippen molar-refractivity contribution in [3.8, 4) is 67.7 Å². The van der Waals surface area contributed by atoms with Crippen LogP contribution in [0.15, 0.2) is 218 Å². The number of para-hydroxylation sites is 1. The van der Waals surface area contributed by atoms with Crippen LogP contribution in [0.25, 0.3) is 131 Å². The van der Waals surface area contributed by atoms with Gasteiger partial charge in [-0.2, -0.15) is 0 Å². The molecule has 0 aliphatic heterocycles. The fraction of sp³-hybridized carbons (Fsp3) is 0. The molecule has 0 aliphatic carbocycles. The van der Waals surface area contributed by atoms with Gasteiger partial charge in [-0.1, -0.05) is 200 Å². The maximum absolute atomic E-state index is 5.67. The van der Waals surface area contributed by atoms with Crippen molar-refractivity contribution in [1.82, 2.24) is 19.9 Å². The predicted octanol–water partition coefficient (Wildman–Crippen LogP) is 16.2. The van der Waals surface area contributed by atoms with Gasteiger partial charge >= 0.3 is 0 Å². The summed E-state index contributed by atoms with van der Waals surface area (Å²) in [5.74, 6) is 1.92. The number of thiophene rings is 1. The third kappa shape index (κ3) is 6.28. The predicted molar refractivity (Wildman–Crippen MR) is 273 cm³/mol. The van der Waals surface area contributed by atoms with Gasteiger partial charge in [-0.05, 0) is 67.2 Å². The molecule has 0 amide bonds. The molecule has 0 spiro atoms. The Morgan fingerprint density at radius 1 is 0.277 bits per heavy atom. The molecule has 0 atom stereocenters. The monoisotopic (exact) mass is 844 g/mol. The summed E-state index contributed by atoms with van der Waals surface area (Å²) in [7, 11) is 0. The molecule has 0 bridgehead atoms. The maximum atomic E-state index is 5.67. The van der Waals surface area contributed by atoms with Gasteiger partial charge in [0.2, 0.25) is 0 Å². The maximum Gasteiger partial charge on any atom is 0.164 e. The standard InChI is InChI=1S/C60H36N4S/c1-3-15-39(16-4-1)58-62-59(40-17-5-2-6-18-40)64-60(63-58)43-20-13-19-41(35-43)37-29-31-38(32-30-37)44-26-14-27-51-54-50-25-11-12-28-53(50)65-57(54)55(61-56(44)51)42-33-34-49-47-23-8-7-21-45(47)46-22-9-10-24-48(46)52(49)36-42/h1-36H. The third-order valence-electron chi connectivity index (χ3n) is 12.7. The summed E-state index contributed by atoms with van der Waals surface area (Å²) in [5.41, 5.74) is 10.3. The summed E-state index contributed by atoms with van der Waals surface area (Å²) in [6, 6.07) is 77.5. The van der Waals surface area contributed by atoms with Crippen LogP contribution < -0.4 is 0 Å². The number of benzene rings is 10. The normalized spacial score (nSPS) is 11.7. The second-order valence-electron chi connectivity index (χ2n) is 16.5. The zero-order chi connectivity index (χ0) is 42.8. The van der Waals surface area contributed by atoms with Gasteiger partial charge in [-0.3, -0.25) is 0 Å². The Morgan fingerprint density at radius 2 is 0.754 bits per heavy atom. The topological polar surface area (TPSA) is 51.6 Å². The van der Waals surface area contributed by atoms with E-state index in [1.807, 2.05) is 72.0 Å². The van der Waals surface area contributed by atoms with E-state index < -0.39 is 0 Å². The number of hydrogen-bond acceptors (Lipinski definition) is 5. The van der Waals surface area contributed by atoms with Gasteiger partial charge in [0.25, 0.3) is 0 Å². The summed E-state index contributed by atoms with van der Waals surface area (Å²) in [6.07, 6.45) is 0. The minimum atomic E-state index is 0.633. The number of fused-ring (bicyclic) bond motifs is 11. The average molecular weight is 845 g/mol. The van der Waals surface area contributed by atoms with Gasteiger partial charge in [0, 0.05) is 48.7 Å². The van der Waals surface area contributed by atoms with Crippen molar-refractivity contribution in [1.29, 1.82) is 0 Å². The van der Waals surface area contributed by atoms with Crippen molar-refractivity contribution in [2.75, 3.05) is 0 Å². The minimum absolute atomic E-state index is 0.633.